The molecule has 0 atom stereocenters. The Morgan fingerprint density at radius 2 is 1.91 bits per heavy atom. The van der Waals surface area contributed by atoms with Crippen LogP contribution >= 0.6 is 12.2 Å². The highest BCUT2D eigenvalue weighted by Gasteiger charge is 1.97. The summed E-state index contributed by atoms with van der Waals surface area (Å²) in [5, 5.41) is 8.30. The van der Waals surface area contributed by atoms with Crippen LogP contribution in [0.2, 0.25) is 0 Å². The van der Waals surface area contributed by atoms with Gasteiger partial charge in [-0.05, 0) is 30.5 Å². The number of aliphatic carboxylic acids is 1. The van der Waals surface area contributed by atoms with Crippen molar-refractivity contribution in [2.24, 2.45) is 0 Å². The normalized spacial score (nSPS) is 9.55. The van der Waals surface area contributed by atoms with Gasteiger partial charge < -0.3 is 5.11 Å². The van der Waals surface area contributed by atoms with Gasteiger partial charge in [0.1, 0.15) is 0 Å². The first-order chi connectivity index (χ1) is 5.16. The summed E-state index contributed by atoms with van der Waals surface area (Å²) in [6, 6.07) is 0. The van der Waals surface area contributed by atoms with Crippen LogP contribution in [0.25, 0.3) is 0 Å². The largest absolute Gasteiger partial charge is 0.481 e. The molecule has 0 amide bonds. The van der Waals surface area contributed by atoms with Crippen molar-refractivity contribution in [1.82, 2.24) is 0 Å². The molecule has 0 fully saturated rings. The average molecular weight is 174 g/mol. The number of carbonyl (C=O) groups is 1. The first-order valence-corrected chi connectivity index (χ1v) is 4.31. The molecule has 0 aliphatic heterocycles. The third kappa shape index (κ3) is 7.46. The smallest absolute Gasteiger partial charge is 0.303 e. The molecule has 0 aromatic carbocycles. The van der Waals surface area contributed by atoms with Crippen molar-refractivity contribution in [3.05, 3.63) is 0 Å². The molecule has 0 aliphatic rings. The Morgan fingerprint density at radius 3 is 2.36 bits per heavy atom. The first kappa shape index (κ1) is 10.6. The summed E-state index contributed by atoms with van der Waals surface area (Å²) in [4.78, 5) is 11.1. The van der Waals surface area contributed by atoms with Gasteiger partial charge in [-0.1, -0.05) is 19.1 Å². The quantitative estimate of drug-likeness (QED) is 0.496. The predicted molar refractivity (Wildman–Crippen MR) is 49.0 cm³/mol. The summed E-state index contributed by atoms with van der Waals surface area (Å²) in [5.74, 6) is -0.715. The summed E-state index contributed by atoms with van der Waals surface area (Å²) in [7, 11) is 0. The third-order valence-electron chi connectivity index (χ3n) is 1.49. The summed E-state index contributed by atoms with van der Waals surface area (Å²) in [6.07, 6.45) is 3.77. The van der Waals surface area contributed by atoms with Crippen molar-refractivity contribution < 1.29 is 9.90 Å². The van der Waals surface area contributed by atoms with E-state index in [2.05, 4.69) is 0 Å². The highest BCUT2D eigenvalue weighted by molar-refractivity contribution is 7.80. The van der Waals surface area contributed by atoms with E-state index in [9.17, 15) is 4.79 Å². The zero-order valence-corrected chi connectivity index (χ0v) is 7.62. The molecule has 0 radical (unpaired) electrons. The van der Waals surface area contributed by atoms with Gasteiger partial charge in [0.15, 0.2) is 0 Å². The van der Waals surface area contributed by atoms with Gasteiger partial charge in [-0.2, -0.15) is 0 Å². The number of unbranched alkanes of at least 4 members (excludes halogenated alkanes) is 1. The van der Waals surface area contributed by atoms with E-state index in [1.54, 1.807) is 0 Å². The summed E-state index contributed by atoms with van der Waals surface area (Å²) in [5.41, 5.74) is 0. The maximum atomic E-state index is 10.1. The highest BCUT2D eigenvalue weighted by atomic mass is 32.1. The van der Waals surface area contributed by atoms with Crippen LogP contribution in [0.1, 0.15) is 39.0 Å². The van der Waals surface area contributed by atoms with Crippen molar-refractivity contribution in [3.63, 3.8) is 0 Å². The standard InChI is InChI=1S/C8H14O2S/c1-2-7(11)5-3-4-6-8(9)10/h2-6H2,1H3,(H,9,10). The molecule has 11 heavy (non-hydrogen) atoms. The van der Waals surface area contributed by atoms with E-state index in [0.29, 0.717) is 0 Å². The van der Waals surface area contributed by atoms with Gasteiger partial charge in [-0.3, -0.25) is 4.79 Å². The van der Waals surface area contributed by atoms with E-state index in [4.69, 9.17) is 17.3 Å². The van der Waals surface area contributed by atoms with Crippen molar-refractivity contribution in [2.75, 3.05) is 0 Å². The van der Waals surface area contributed by atoms with E-state index in [-0.39, 0.29) is 6.42 Å². The Balaban J connectivity index is 3.14. The fourth-order valence-corrected chi connectivity index (χ4v) is 0.920. The Hall–Kier alpha value is -0.440. The third-order valence-corrected chi connectivity index (χ3v) is 1.98. The van der Waals surface area contributed by atoms with Crippen LogP contribution in [-0.2, 0) is 4.79 Å². The Kier molecular flexibility index (Phi) is 6.03. The van der Waals surface area contributed by atoms with Gasteiger partial charge in [0.25, 0.3) is 0 Å². The van der Waals surface area contributed by atoms with Crippen molar-refractivity contribution in [1.29, 1.82) is 0 Å². The second-order valence-electron chi connectivity index (χ2n) is 2.49. The van der Waals surface area contributed by atoms with Gasteiger partial charge in [-0.15, -0.1) is 0 Å². The number of rotatable bonds is 6. The second-order valence-corrected chi connectivity index (χ2v) is 3.07. The van der Waals surface area contributed by atoms with Crippen LogP contribution in [0.4, 0.5) is 0 Å². The fraction of sp³-hybridized carbons (Fsp3) is 0.750. The van der Waals surface area contributed by atoms with Gasteiger partial charge in [0.2, 0.25) is 0 Å². The van der Waals surface area contributed by atoms with E-state index in [1.165, 1.54) is 0 Å². The molecule has 0 bridgehead atoms. The molecule has 0 heterocycles. The van der Waals surface area contributed by atoms with Crippen LogP contribution < -0.4 is 0 Å². The Bertz CT molecular complexity index is 143. The minimum Gasteiger partial charge on any atom is -0.481 e. The molecule has 1 N–H and O–H groups in total. The van der Waals surface area contributed by atoms with Crippen LogP contribution in [0.3, 0.4) is 0 Å². The summed E-state index contributed by atoms with van der Waals surface area (Å²) < 4.78 is 0. The SMILES string of the molecule is CCC(=S)CCCCC(=O)O. The molecule has 64 valence electrons. The topological polar surface area (TPSA) is 37.3 Å². The molecular formula is C8H14O2S. The number of hydrogen-bond donors (Lipinski definition) is 1. The van der Waals surface area contributed by atoms with Crippen molar-refractivity contribution >= 4 is 23.1 Å². The maximum Gasteiger partial charge on any atom is 0.303 e. The highest BCUT2D eigenvalue weighted by Crippen LogP contribution is 2.03. The molecule has 0 saturated carbocycles. The lowest BCUT2D eigenvalue weighted by Gasteiger charge is -1.97. The van der Waals surface area contributed by atoms with Gasteiger partial charge >= 0.3 is 5.97 Å². The Labute approximate surface area is 72.6 Å². The van der Waals surface area contributed by atoms with Crippen molar-refractivity contribution in [3.8, 4) is 0 Å². The molecule has 0 unspecified atom stereocenters. The monoisotopic (exact) mass is 174 g/mol. The molecule has 0 aromatic rings. The average Bonchev–Trinajstić information content (AvgIpc) is 1.97. The molecule has 0 aromatic heterocycles. The minimum absolute atomic E-state index is 0.270. The van der Waals surface area contributed by atoms with Crippen LogP contribution in [0, 0.1) is 0 Å². The van der Waals surface area contributed by atoms with Crippen LogP contribution in [0.15, 0.2) is 0 Å². The minimum atomic E-state index is -0.715. The van der Waals surface area contributed by atoms with Crippen molar-refractivity contribution in [2.45, 2.75) is 39.0 Å². The van der Waals surface area contributed by atoms with E-state index in [0.717, 1.165) is 30.5 Å². The molecule has 0 saturated heterocycles. The first-order valence-electron chi connectivity index (χ1n) is 3.90. The Morgan fingerprint density at radius 1 is 1.36 bits per heavy atom. The number of hydrogen-bond acceptors (Lipinski definition) is 2. The second kappa shape index (κ2) is 6.28. The van der Waals surface area contributed by atoms with Gasteiger partial charge in [0.05, 0.1) is 0 Å². The van der Waals surface area contributed by atoms with E-state index >= 15 is 0 Å². The van der Waals surface area contributed by atoms with E-state index in [1.807, 2.05) is 6.92 Å². The van der Waals surface area contributed by atoms with Gasteiger partial charge in [0, 0.05) is 6.42 Å². The molecule has 0 rings (SSSR count). The fourth-order valence-electron chi connectivity index (χ4n) is 0.775. The predicted octanol–water partition coefficient (Wildman–Crippen LogP) is 2.41. The maximum absolute atomic E-state index is 10.1. The lowest BCUT2D eigenvalue weighted by atomic mass is 10.1. The van der Waals surface area contributed by atoms with Gasteiger partial charge in [-0.25, -0.2) is 0 Å². The van der Waals surface area contributed by atoms with Crippen LogP contribution in [0.5, 0.6) is 0 Å². The molecule has 0 spiro atoms. The molecule has 2 nitrogen and oxygen atoms in total. The number of carboxylic acid groups (broad SMARTS) is 1. The zero-order valence-electron chi connectivity index (χ0n) is 6.80. The molecule has 0 aliphatic carbocycles. The van der Waals surface area contributed by atoms with Crippen LogP contribution in [-0.4, -0.2) is 15.9 Å². The molecule has 3 heteroatoms. The summed E-state index contributed by atoms with van der Waals surface area (Å²) >= 11 is 4.99. The molecular weight excluding hydrogens is 160 g/mol. The number of carboxylic acids is 1. The zero-order chi connectivity index (χ0) is 8.69. The lowest BCUT2D eigenvalue weighted by molar-refractivity contribution is -0.137. The van der Waals surface area contributed by atoms with E-state index < -0.39 is 5.97 Å². The lowest BCUT2D eigenvalue weighted by Crippen LogP contribution is -1.96. The summed E-state index contributed by atoms with van der Waals surface area (Å²) in [6.45, 7) is 2.03. The number of thiocarbonyl (C=S) groups is 1.